The highest BCUT2D eigenvalue weighted by Gasteiger charge is 2.33. The molecule has 0 fully saturated rings. The molecule has 3 aromatic carbocycles. The van der Waals surface area contributed by atoms with Gasteiger partial charge in [-0.25, -0.2) is 0 Å². The molecular formula is C25H22N2O3. The smallest absolute Gasteiger partial charge is 0.261 e. The van der Waals surface area contributed by atoms with Gasteiger partial charge in [0.25, 0.3) is 17.7 Å². The molecule has 0 aliphatic carbocycles. The number of aryl methyl sites for hydroxylation is 1. The average molecular weight is 398 g/mol. The van der Waals surface area contributed by atoms with E-state index in [1.54, 1.807) is 12.1 Å². The molecule has 0 spiro atoms. The molecule has 0 unspecified atom stereocenters. The molecule has 3 amide bonds. The zero-order chi connectivity index (χ0) is 21.1. The van der Waals surface area contributed by atoms with Gasteiger partial charge in [0, 0.05) is 12.6 Å². The first kappa shape index (κ1) is 19.6. The predicted octanol–water partition coefficient (Wildman–Crippen LogP) is 4.02. The summed E-state index contributed by atoms with van der Waals surface area (Å²) in [5.74, 6) is -0.991. The minimum atomic E-state index is -0.381. The maximum atomic E-state index is 13.0. The number of rotatable bonds is 6. The maximum Gasteiger partial charge on any atom is 0.261 e. The Hall–Kier alpha value is -3.73. The molecule has 4 rings (SSSR count). The molecule has 30 heavy (non-hydrogen) atoms. The zero-order valence-corrected chi connectivity index (χ0v) is 16.7. The van der Waals surface area contributed by atoms with Crippen molar-refractivity contribution in [3.05, 3.63) is 107 Å². The molecular weight excluding hydrogens is 376 g/mol. The summed E-state index contributed by atoms with van der Waals surface area (Å²) in [5, 5.41) is 3.10. The van der Waals surface area contributed by atoms with Crippen LogP contribution < -0.4 is 5.32 Å². The molecule has 5 heteroatoms. The number of hydrogen-bond donors (Lipinski definition) is 1. The topological polar surface area (TPSA) is 66.5 Å². The molecule has 1 N–H and O–H groups in total. The summed E-state index contributed by atoms with van der Waals surface area (Å²) < 4.78 is 0. The van der Waals surface area contributed by atoms with Gasteiger partial charge in [0.2, 0.25) is 0 Å². The van der Waals surface area contributed by atoms with E-state index in [0.717, 1.165) is 23.3 Å². The van der Waals surface area contributed by atoms with Crippen molar-refractivity contribution >= 4 is 17.7 Å². The van der Waals surface area contributed by atoms with Gasteiger partial charge in [-0.2, -0.15) is 0 Å². The van der Waals surface area contributed by atoms with Gasteiger partial charge < -0.3 is 5.32 Å². The molecule has 0 saturated heterocycles. The van der Waals surface area contributed by atoms with Crippen molar-refractivity contribution in [3.8, 4) is 0 Å². The Kier molecular flexibility index (Phi) is 5.44. The number of benzene rings is 3. The highest BCUT2D eigenvalue weighted by molar-refractivity contribution is 6.21. The number of amides is 3. The Morgan fingerprint density at radius 2 is 1.50 bits per heavy atom. The van der Waals surface area contributed by atoms with E-state index in [9.17, 15) is 14.4 Å². The van der Waals surface area contributed by atoms with E-state index >= 15 is 0 Å². The number of hydrogen-bond acceptors (Lipinski definition) is 3. The van der Waals surface area contributed by atoms with Crippen molar-refractivity contribution in [1.29, 1.82) is 0 Å². The molecule has 150 valence electrons. The average Bonchev–Trinajstić information content (AvgIpc) is 3.01. The first-order valence-electron chi connectivity index (χ1n) is 9.91. The van der Waals surface area contributed by atoms with Gasteiger partial charge in [-0.15, -0.1) is 0 Å². The Morgan fingerprint density at radius 3 is 2.20 bits per heavy atom. The number of carbonyl (C=O) groups excluding carboxylic acids is 3. The Labute approximate surface area is 175 Å². The van der Waals surface area contributed by atoms with Gasteiger partial charge in [-0.3, -0.25) is 19.3 Å². The lowest BCUT2D eigenvalue weighted by Gasteiger charge is -2.20. The van der Waals surface area contributed by atoms with Crippen LogP contribution in [0.4, 0.5) is 0 Å². The van der Waals surface area contributed by atoms with Crippen LogP contribution in [0.2, 0.25) is 0 Å². The highest BCUT2D eigenvalue weighted by Crippen LogP contribution is 2.24. The van der Waals surface area contributed by atoms with E-state index in [0.29, 0.717) is 11.1 Å². The van der Waals surface area contributed by atoms with Gasteiger partial charge in [0.1, 0.15) is 0 Å². The largest absolute Gasteiger partial charge is 0.345 e. The van der Waals surface area contributed by atoms with Gasteiger partial charge in [-0.05, 0) is 42.2 Å². The van der Waals surface area contributed by atoms with Gasteiger partial charge >= 0.3 is 0 Å². The lowest BCUT2D eigenvalue weighted by atomic mass is 9.98. The van der Waals surface area contributed by atoms with Gasteiger partial charge in [-0.1, -0.05) is 60.7 Å². The molecule has 5 nitrogen and oxygen atoms in total. The van der Waals surface area contributed by atoms with Crippen LogP contribution in [-0.2, 0) is 6.42 Å². The van der Waals surface area contributed by atoms with Crippen LogP contribution in [0.15, 0.2) is 78.9 Å². The minimum Gasteiger partial charge on any atom is -0.345 e. The molecule has 0 radical (unpaired) electrons. The normalized spacial score (nSPS) is 13.8. The molecule has 0 saturated carbocycles. The molecule has 0 aromatic heterocycles. The van der Waals surface area contributed by atoms with E-state index in [1.807, 2.05) is 48.5 Å². The summed E-state index contributed by atoms with van der Waals surface area (Å²) in [6, 6.07) is 24.5. The maximum absolute atomic E-state index is 13.0. The van der Waals surface area contributed by atoms with Crippen molar-refractivity contribution < 1.29 is 14.4 Å². The van der Waals surface area contributed by atoms with Gasteiger partial charge in [0.05, 0.1) is 17.2 Å². The summed E-state index contributed by atoms with van der Waals surface area (Å²) in [5.41, 5.74) is 3.20. The van der Waals surface area contributed by atoms with Crippen LogP contribution in [0.3, 0.4) is 0 Å². The van der Waals surface area contributed by atoms with E-state index < -0.39 is 0 Å². The van der Waals surface area contributed by atoms with Crippen LogP contribution in [-0.4, -0.2) is 29.7 Å². The number of carbonyl (C=O) groups is 3. The summed E-state index contributed by atoms with van der Waals surface area (Å²) in [6.45, 7) is 0. The van der Waals surface area contributed by atoms with E-state index in [2.05, 4.69) is 17.4 Å². The molecule has 1 aliphatic rings. The van der Waals surface area contributed by atoms with Crippen LogP contribution in [0.25, 0.3) is 0 Å². The Morgan fingerprint density at radius 1 is 0.867 bits per heavy atom. The van der Waals surface area contributed by atoms with Crippen molar-refractivity contribution in [2.45, 2.75) is 18.9 Å². The summed E-state index contributed by atoms with van der Waals surface area (Å²) >= 11 is 0. The van der Waals surface area contributed by atoms with Crippen LogP contribution in [0.1, 0.15) is 54.7 Å². The van der Waals surface area contributed by atoms with Crippen molar-refractivity contribution in [3.63, 3.8) is 0 Å². The number of imide groups is 1. The first-order valence-corrected chi connectivity index (χ1v) is 9.91. The predicted molar refractivity (Wildman–Crippen MR) is 114 cm³/mol. The quantitative estimate of drug-likeness (QED) is 0.638. The fourth-order valence-corrected chi connectivity index (χ4v) is 3.71. The fraction of sp³-hybridized carbons (Fsp3) is 0.160. The summed E-state index contributed by atoms with van der Waals surface area (Å²) in [6.07, 6.45) is 1.56. The zero-order valence-electron chi connectivity index (χ0n) is 16.7. The minimum absolute atomic E-state index is 0.174. The highest BCUT2D eigenvalue weighted by atomic mass is 16.2. The monoisotopic (exact) mass is 398 g/mol. The Balaban J connectivity index is 1.55. The number of fused-ring (bicyclic) bond motifs is 1. The van der Waals surface area contributed by atoms with Crippen molar-refractivity contribution in [2.24, 2.45) is 0 Å². The molecule has 0 bridgehead atoms. The SMILES string of the molecule is CN1C(=O)c2ccc(C(=O)N[C@@H](CCc3ccccc3)c3ccccc3)cc2C1=O. The first-order chi connectivity index (χ1) is 14.5. The standard InChI is InChI=1S/C25H22N2O3/c1-27-24(29)20-14-13-19(16-21(20)25(27)30)23(28)26-22(18-10-6-3-7-11-18)15-12-17-8-4-2-5-9-17/h2-11,13-14,16,22H,12,15H2,1H3,(H,26,28)/t22-/m0/s1. The lowest BCUT2D eigenvalue weighted by Crippen LogP contribution is -2.29. The van der Waals surface area contributed by atoms with Crippen molar-refractivity contribution in [1.82, 2.24) is 10.2 Å². The van der Waals surface area contributed by atoms with E-state index in [-0.39, 0.29) is 29.3 Å². The number of nitrogens with zero attached hydrogens (tertiary/aromatic N) is 1. The van der Waals surface area contributed by atoms with E-state index in [4.69, 9.17) is 0 Å². The van der Waals surface area contributed by atoms with Crippen molar-refractivity contribution in [2.75, 3.05) is 7.05 Å². The lowest BCUT2D eigenvalue weighted by molar-refractivity contribution is 0.0693. The second kappa shape index (κ2) is 8.33. The molecule has 1 atom stereocenters. The summed E-state index contributed by atoms with van der Waals surface area (Å²) in [4.78, 5) is 38.4. The molecule has 1 heterocycles. The third-order valence-corrected chi connectivity index (χ3v) is 5.42. The van der Waals surface area contributed by atoms with Crippen LogP contribution in [0.5, 0.6) is 0 Å². The molecule has 1 aliphatic heterocycles. The van der Waals surface area contributed by atoms with Gasteiger partial charge in [0.15, 0.2) is 0 Å². The number of nitrogens with one attached hydrogen (secondary N) is 1. The third kappa shape index (κ3) is 3.87. The second-order valence-electron chi connectivity index (χ2n) is 7.39. The van der Waals surface area contributed by atoms with E-state index in [1.165, 1.54) is 18.7 Å². The van der Waals surface area contributed by atoms with Crippen LogP contribution >= 0.6 is 0 Å². The van der Waals surface area contributed by atoms with Crippen LogP contribution in [0, 0.1) is 0 Å². The Bertz CT molecular complexity index is 1090. The molecule has 3 aromatic rings. The second-order valence-corrected chi connectivity index (χ2v) is 7.39. The fourth-order valence-electron chi connectivity index (χ4n) is 3.71. The third-order valence-electron chi connectivity index (χ3n) is 5.42. The summed E-state index contributed by atoms with van der Waals surface area (Å²) in [7, 11) is 1.44.